The van der Waals surface area contributed by atoms with Crippen LogP contribution < -0.4 is 9.64 Å². The van der Waals surface area contributed by atoms with Crippen molar-refractivity contribution in [1.82, 2.24) is 0 Å². The quantitative estimate of drug-likeness (QED) is 0.671. The number of allylic oxidation sites excluding steroid dienone is 1. The highest BCUT2D eigenvalue weighted by atomic mass is 16.5. The topological polar surface area (TPSA) is 72.9 Å². The standard InChI is InChI=1S/C23H23NO5/c1-4-29-21(25)14-24(16-9-11-17(28-3)12-10-16)13-20-15(2)22(26)18-7-5-6-8-19(18)23(20)27/h5-12H,4,13-14H2,1-3H3. The van der Waals surface area contributed by atoms with Crippen LogP contribution in [-0.2, 0) is 9.53 Å². The molecule has 0 N–H and O–H groups in total. The predicted molar refractivity (Wildman–Crippen MR) is 110 cm³/mol. The molecule has 0 unspecified atom stereocenters. The average molecular weight is 393 g/mol. The normalized spacial score (nSPS) is 13.2. The molecule has 0 radical (unpaired) electrons. The van der Waals surface area contributed by atoms with Gasteiger partial charge >= 0.3 is 5.97 Å². The second kappa shape index (κ2) is 8.73. The Morgan fingerprint density at radius 3 is 2.17 bits per heavy atom. The van der Waals surface area contributed by atoms with Gasteiger partial charge in [-0.15, -0.1) is 0 Å². The highest BCUT2D eigenvalue weighted by molar-refractivity contribution is 6.27. The molecule has 0 fully saturated rings. The number of esters is 1. The Balaban J connectivity index is 1.96. The summed E-state index contributed by atoms with van der Waals surface area (Å²) in [6.45, 7) is 3.74. The van der Waals surface area contributed by atoms with Gasteiger partial charge in [0.05, 0.1) is 13.7 Å². The summed E-state index contributed by atoms with van der Waals surface area (Å²) in [7, 11) is 1.57. The van der Waals surface area contributed by atoms with Crippen molar-refractivity contribution in [1.29, 1.82) is 0 Å². The molecule has 0 atom stereocenters. The summed E-state index contributed by atoms with van der Waals surface area (Å²) in [6, 6.07) is 14.0. The van der Waals surface area contributed by atoms with E-state index in [0.717, 1.165) is 5.69 Å². The van der Waals surface area contributed by atoms with Gasteiger partial charge in [-0.25, -0.2) is 0 Å². The van der Waals surface area contributed by atoms with Crippen LogP contribution in [0, 0.1) is 0 Å². The number of Topliss-reactive ketones (excluding diaryl/α,β-unsaturated/α-hetero) is 2. The number of nitrogens with zero attached hydrogens (tertiary/aromatic N) is 1. The summed E-state index contributed by atoms with van der Waals surface area (Å²) in [6.07, 6.45) is 0. The third-order valence-electron chi connectivity index (χ3n) is 4.90. The fourth-order valence-electron chi connectivity index (χ4n) is 3.33. The number of fused-ring (bicyclic) bond motifs is 1. The van der Waals surface area contributed by atoms with Gasteiger partial charge in [-0.05, 0) is 38.1 Å². The third kappa shape index (κ3) is 4.21. The second-order valence-electron chi connectivity index (χ2n) is 6.67. The molecule has 6 nitrogen and oxygen atoms in total. The van der Waals surface area contributed by atoms with Crippen LogP contribution in [0.15, 0.2) is 59.7 Å². The Hall–Kier alpha value is -3.41. The third-order valence-corrected chi connectivity index (χ3v) is 4.90. The van der Waals surface area contributed by atoms with Gasteiger partial charge in [0.15, 0.2) is 11.6 Å². The van der Waals surface area contributed by atoms with E-state index in [9.17, 15) is 14.4 Å². The molecular weight excluding hydrogens is 370 g/mol. The van der Waals surface area contributed by atoms with E-state index in [1.165, 1.54) is 0 Å². The molecule has 29 heavy (non-hydrogen) atoms. The number of benzene rings is 2. The Kier molecular flexibility index (Phi) is 6.12. The molecule has 3 rings (SSSR count). The number of hydrogen-bond donors (Lipinski definition) is 0. The van der Waals surface area contributed by atoms with Crippen LogP contribution in [0.2, 0.25) is 0 Å². The van der Waals surface area contributed by atoms with Crippen molar-refractivity contribution in [2.75, 3.05) is 31.7 Å². The predicted octanol–water partition coefficient (Wildman–Crippen LogP) is 3.46. The van der Waals surface area contributed by atoms with Gasteiger partial charge in [-0.2, -0.15) is 0 Å². The summed E-state index contributed by atoms with van der Waals surface area (Å²) >= 11 is 0. The summed E-state index contributed by atoms with van der Waals surface area (Å²) in [4.78, 5) is 39.7. The van der Waals surface area contributed by atoms with Crippen molar-refractivity contribution >= 4 is 23.2 Å². The molecular formula is C23H23NO5. The molecule has 0 aromatic heterocycles. The molecule has 0 aliphatic heterocycles. The van der Waals surface area contributed by atoms with Crippen LogP contribution in [-0.4, -0.2) is 44.3 Å². The fraction of sp³-hybridized carbons (Fsp3) is 0.261. The number of hydrogen-bond acceptors (Lipinski definition) is 6. The number of anilines is 1. The number of methoxy groups -OCH3 is 1. The maximum absolute atomic E-state index is 13.1. The fourth-order valence-corrected chi connectivity index (χ4v) is 3.33. The first-order chi connectivity index (χ1) is 14.0. The first-order valence-electron chi connectivity index (χ1n) is 9.39. The minimum atomic E-state index is -0.406. The van der Waals surface area contributed by atoms with E-state index in [0.29, 0.717) is 28.0 Å². The molecule has 1 aliphatic carbocycles. The van der Waals surface area contributed by atoms with E-state index >= 15 is 0 Å². The van der Waals surface area contributed by atoms with Gasteiger partial charge in [0.25, 0.3) is 0 Å². The first kappa shape index (κ1) is 20.3. The zero-order valence-electron chi connectivity index (χ0n) is 16.7. The summed E-state index contributed by atoms with van der Waals surface area (Å²) in [5.41, 5.74) is 2.31. The average Bonchev–Trinajstić information content (AvgIpc) is 2.74. The molecule has 0 heterocycles. The van der Waals surface area contributed by atoms with E-state index in [-0.39, 0.29) is 31.3 Å². The number of rotatable bonds is 7. The van der Waals surface area contributed by atoms with Crippen molar-refractivity contribution in [2.24, 2.45) is 0 Å². The van der Waals surface area contributed by atoms with Crippen LogP contribution in [0.25, 0.3) is 0 Å². The SMILES string of the molecule is CCOC(=O)CN(CC1=C(C)C(=O)c2ccccc2C1=O)c1ccc(OC)cc1. The van der Waals surface area contributed by atoms with Gasteiger partial charge in [-0.1, -0.05) is 24.3 Å². The lowest BCUT2D eigenvalue weighted by atomic mass is 9.84. The Labute approximate surface area is 169 Å². The molecule has 0 bridgehead atoms. The number of carbonyl (C=O) groups excluding carboxylic acids is 3. The molecule has 1 aliphatic rings. The highest BCUT2D eigenvalue weighted by Gasteiger charge is 2.31. The van der Waals surface area contributed by atoms with E-state index in [1.807, 2.05) is 0 Å². The van der Waals surface area contributed by atoms with Crippen LogP contribution in [0.5, 0.6) is 5.75 Å². The van der Waals surface area contributed by atoms with Gasteiger partial charge in [0, 0.05) is 34.5 Å². The first-order valence-corrected chi connectivity index (χ1v) is 9.39. The van der Waals surface area contributed by atoms with Crippen molar-refractivity contribution in [3.05, 3.63) is 70.8 Å². The smallest absolute Gasteiger partial charge is 0.325 e. The molecule has 2 aromatic rings. The van der Waals surface area contributed by atoms with Crippen molar-refractivity contribution in [3.63, 3.8) is 0 Å². The van der Waals surface area contributed by atoms with E-state index in [4.69, 9.17) is 9.47 Å². The Morgan fingerprint density at radius 2 is 1.59 bits per heavy atom. The van der Waals surface area contributed by atoms with Gasteiger partial charge in [-0.3, -0.25) is 14.4 Å². The highest BCUT2D eigenvalue weighted by Crippen LogP contribution is 2.28. The maximum Gasteiger partial charge on any atom is 0.325 e. The largest absolute Gasteiger partial charge is 0.497 e. The lowest BCUT2D eigenvalue weighted by molar-refractivity contribution is -0.141. The molecule has 2 aromatic carbocycles. The van der Waals surface area contributed by atoms with Crippen LogP contribution in [0.4, 0.5) is 5.69 Å². The van der Waals surface area contributed by atoms with Crippen LogP contribution in [0.3, 0.4) is 0 Å². The van der Waals surface area contributed by atoms with E-state index in [2.05, 4.69) is 0 Å². The summed E-state index contributed by atoms with van der Waals surface area (Å²) in [5.74, 6) is -0.0873. The van der Waals surface area contributed by atoms with E-state index in [1.54, 1.807) is 74.4 Å². The molecule has 0 saturated heterocycles. The van der Waals surface area contributed by atoms with Gasteiger partial charge in [0.1, 0.15) is 12.3 Å². The van der Waals surface area contributed by atoms with Gasteiger partial charge in [0.2, 0.25) is 0 Å². The molecule has 6 heteroatoms. The lowest BCUT2D eigenvalue weighted by Gasteiger charge is -2.27. The van der Waals surface area contributed by atoms with Crippen LogP contribution >= 0.6 is 0 Å². The molecule has 0 saturated carbocycles. The Bertz CT molecular complexity index is 975. The summed E-state index contributed by atoms with van der Waals surface area (Å²) in [5, 5.41) is 0. The lowest BCUT2D eigenvalue weighted by Crippen LogP contribution is -2.36. The zero-order chi connectivity index (χ0) is 21.0. The van der Waals surface area contributed by atoms with E-state index < -0.39 is 5.97 Å². The van der Waals surface area contributed by atoms with Crippen LogP contribution in [0.1, 0.15) is 34.6 Å². The minimum absolute atomic E-state index is 0.0416. The Morgan fingerprint density at radius 1 is 0.966 bits per heavy atom. The second-order valence-corrected chi connectivity index (χ2v) is 6.67. The van der Waals surface area contributed by atoms with Crippen molar-refractivity contribution < 1.29 is 23.9 Å². The monoisotopic (exact) mass is 393 g/mol. The molecule has 0 spiro atoms. The zero-order valence-corrected chi connectivity index (χ0v) is 16.7. The number of ketones is 2. The molecule has 150 valence electrons. The number of ether oxygens (including phenoxy) is 2. The summed E-state index contributed by atoms with van der Waals surface area (Å²) < 4.78 is 10.3. The minimum Gasteiger partial charge on any atom is -0.497 e. The molecule has 0 amide bonds. The maximum atomic E-state index is 13.1. The van der Waals surface area contributed by atoms with Crippen molar-refractivity contribution in [3.8, 4) is 5.75 Å². The number of carbonyl (C=O) groups is 3. The van der Waals surface area contributed by atoms with Gasteiger partial charge < -0.3 is 14.4 Å². The van der Waals surface area contributed by atoms with Crippen molar-refractivity contribution in [2.45, 2.75) is 13.8 Å².